The zero-order valence-corrected chi connectivity index (χ0v) is 17.2. The van der Waals surface area contributed by atoms with E-state index in [1.807, 2.05) is 0 Å². The molecule has 142 valence electrons. The van der Waals surface area contributed by atoms with Crippen LogP contribution in [0, 0.1) is 0 Å². The molecule has 1 aliphatic rings. The molecule has 0 radical (unpaired) electrons. The van der Waals surface area contributed by atoms with E-state index < -0.39 is 0 Å². The Balaban J connectivity index is 1.46. The van der Waals surface area contributed by atoms with Gasteiger partial charge in [-0.15, -0.1) is 0 Å². The number of hydrogen-bond acceptors (Lipinski definition) is 0. The molecule has 0 bridgehead atoms. The van der Waals surface area contributed by atoms with Crippen molar-refractivity contribution in [1.29, 1.82) is 0 Å². The summed E-state index contributed by atoms with van der Waals surface area (Å²) < 4.78 is 0. The Morgan fingerprint density at radius 3 is 1.24 bits per heavy atom. The van der Waals surface area contributed by atoms with E-state index in [2.05, 4.69) is 98.8 Å². The summed E-state index contributed by atoms with van der Waals surface area (Å²) in [5, 5.41) is 0. The number of benzene rings is 4. The molecule has 0 heterocycles. The quantitative estimate of drug-likeness (QED) is 0.302. The lowest BCUT2D eigenvalue weighted by Crippen LogP contribution is -1.85. The van der Waals surface area contributed by atoms with E-state index in [1.54, 1.807) is 0 Å². The van der Waals surface area contributed by atoms with Crippen LogP contribution in [-0.4, -0.2) is 0 Å². The minimum atomic E-state index is 1.02. The second-order valence-corrected chi connectivity index (χ2v) is 8.02. The lowest BCUT2D eigenvalue weighted by Gasteiger charge is -2.07. The molecular formula is C29H26. The molecule has 0 aromatic heterocycles. The third-order valence-electron chi connectivity index (χ3n) is 6.27. The van der Waals surface area contributed by atoms with Gasteiger partial charge in [0.2, 0.25) is 0 Å². The Labute approximate surface area is 173 Å². The highest BCUT2D eigenvalue weighted by Gasteiger charge is 2.19. The smallest absolute Gasteiger partial charge is 0.00130 e. The summed E-state index contributed by atoms with van der Waals surface area (Å²) in [6.07, 6.45) is 3.19. The summed E-state index contributed by atoms with van der Waals surface area (Å²) in [7, 11) is 0. The molecule has 0 aliphatic heterocycles. The summed E-state index contributed by atoms with van der Waals surface area (Å²) in [4.78, 5) is 0. The molecule has 0 fully saturated rings. The van der Waals surface area contributed by atoms with Gasteiger partial charge in [0.25, 0.3) is 0 Å². The van der Waals surface area contributed by atoms with Crippen LogP contribution < -0.4 is 0 Å². The molecule has 0 nitrogen and oxygen atoms in total. The van der Waals surface area contributed by atoms with E-state index in [4.69, 9.17) is 0 Å². The summed E-state index contributed by atoms with van der Waals surface area (Å²) in [6.45, 7) is 4.40. The maximum absolute atomic E-state index is 2.38. The molecule has 5 rings (SSSR count). The average Bonchev–Trinajstić information content (AvgIpc) is 3.16. The molecule has 0 heteroatoms. The summed E-state index contributed by atoms with van der Waals surface area (Å²) in [6, 6.07) is 31.9. The molecule has 0 saturated carbocycles. The SMILES string of the molecule is CCc1ccc(-c2ccc3c(c2)Cc2cc(-c4ccc(CC)cc4)ccc2-3)cc1. The molecule has 4 aromatic carbocycles. The maximum Gasteiger partial charge on any atom is -0.00130 e. The number of rotatable bonds is 4. The Kier molecular flexibility index (Phi) is 4.56. The highest BCUT2D eigenvalue weighted by Crippen LogP contribution is 2.40. The second kappa shape index (κ2) is 7.37. The van der Waals surface area contributed by atoms with Crippen molar-refractivity contribution in [2.75, 3.05) is 0 Å². The van der Waals surface area contributed by atoms with Gasteiger partial charge in [-0.2, -0.15) is 0 Å². The lowest BCUT2D eigenvalue weighted by molar-refractivity contribution is 1.14. The van der Waals surface area contributed by atoms with Gasteiger partial charge >= 0.3 is 0 Å². The standard InChI is InChI=1S/C29H26/c1-3-20-5-9-22(10-6-20)24-13-15-28-26(17-24)19-27-18-25(14-16-29(27)28)23-11-7-21(4-2)8-12-23/h5-18H,3-4,19H2,1-2H3. The van der Waals surface area contributed by atoms with E-state index in [-0.39, 0.29) is 0 Å². The van der Waals surface area contributed by atoms with Crippen molar-refractivity contribution in [1.82, 2.24) is 0 Å². The van der Waals surface area contributed by atoms with E-state index in [0.29, 0.717) is 0 Å². The van der Waals surface area contributed by atoms with Crippen molar-refractivity contribution in [2.24, 2.45) is 0 Å². The van der Waals surface area contributed by atoms with Crippen molar-refractivity contribution in [3.63, 3.8) is 0 Å². The van der Waals surface area contributed by atoms with Crippen molar-refractivity contribution in [3.8, 4) is 33.4 Å². The minimum Gasteiger partial charge on any atom is -0.0613 e. The van der Waals surface area contributed by atoms with Gasteiger partial charge in [-0.3, -0.25) is 0 Å². The van der Waals surface area contributed by atoms with Crippen LogP contribution in [0.25, 0.3) is 33.4 Å². The predicted molar refractivity (Wildman–Crippen MR) is 124 cm³/mol. The van der Waals surface area contributed by atoms with Crippen LogP contribution in [0.3, 0.4) is 0 Å². The fourth-order valence-electron chi connectivity index (χ4n) is 4.44. The zero-order chi connectivity index (χ0) is 19.8. The van der Waals surface area contributed by atoms with E-state index in [9.17, 15) is 0 Å². The van der Waals surface area contributed by atoms with Crippen molar-refractivity contribution < 1.29 is 0 Å². The van der Waals surface area contributed by atoms with Crippen LogP contribution in [0.5, 0.6) is 0 Å². The topological polar surface area (TPSA) is 0 Å². The molecule has 0 atom stereocenters. The van der Waals surface area contributed by atoms with Crippen LogP contribution in [0.1, 0.15) is 36.1 Å². The first-order valence-corrected chi connectivity index (χ1v) is 10.7. The van der Waals surface area contributed by atoms with E-state index in [0.717, 1.165) is 19.3 Å². The highest BCUT2D eigenvalue weighted by atomic mass is 14.2. The third-order valence-corrected chi connectivity index (χ3v) is 6.27. The fraction of sp³-hybridized carbons (Fsp3) is 0.172. The highest BCUT2D eigenvalue weighted by molar-refractivity contribution is 5.82. The van der Waals surface area contributed by atoms with Crippen molar-refractivity contribution >= 4 is 0 Å². The van der Waals surface area contributed by atoms with Gasteiger partial charge in [-0.05, 0) is 74.9 Å². The summed E-state index contributed by atoms with van der Waals surface area (Å²) >= 11 is 0. The van der Waals surface area contributed by atoms with Crippen LogP contribution in [0.2, 0.25) is 0 Å². The molecule has 0 unspecified atom stereocenters. The molecule has 4 aromatic rings. The normalized spacial score (nSPS) is 11.9. The molecule has 1 aliphatic carbocycles. The molecule has 0 saturated heterocycles. The third kappa shape index (κ3) is 3.29. The van der Waals surface area contributed by atoms with Crippen LogP contribution in [-0.2, 0) is 19.3 Å². The van der Waals surface area contributed by atoms with Crippen molar-refractivity contribution in [3.05, 3.63) is 107 Å². The Bertz CT molecular complexity index is 1070. The summed E-state index contributed by atoms with van der Waals surface area (Å²) in [5.41, 5.74) is 13.7. The van der Waals surface area contributed by atoms with Gasteiger partial charge in [0.05, 0.1) is 0 Å². The van der Waals surface area contributed by atoms with Crippen LogP contribution in [0.4, 0.5) is 0 Å². The first-order chi connectivity index (χ1) is 14.2. The second-order valence-electron chi connectivity index (χ2n) is 8.02. The Hall–Kier alpha value is -3.12. The first kappa shape index (κ1) is 17.9. The predicted octanol–water partition coefficient (Wildman–Crippen LogP) is 7.72. The summed E-state index contributed by atoms with van der Waals surface area (Å²) in [5.74, 6) is 0. The number of aryl methyl sites for hydroxylation is 2. The van der Waals surface area contributed by atoms with Crippen LogP contribution in [0.15, 0.2) is 84.9 Å². The first-order valence-electron chi connectivity index (χ1n) is 10.7. The van der Waals surface area contributed by atoms with Crippen molar-refractivity contribution in [2.45, 2.75) is 33.1 Å². The largest absolute Gasteiger partial charge is 0.0613 e. The number of hydrogen-bond donors (Lipinski definition) is 0. The minimum absolute atomic E-state index is 1.02. The van der Waals surface area contributed by atoms with Gasteiger partial charge in [0, 0.05) is 0 Å². The molecule has 29 heavy (non-hydrogen) atoms. The maximum atomic E-state index is 2.38. The zero-order valence-electron chi connectivity index (χ0n) is 17.2. The monoisotopic (exact) mass is 374 g/mol. The Morgan fingerprint density at radius 1 is 0.483 bits per heavy atom. The van der Waals surface area contributed by atoms with Crippen LogP contribution >= 0.6 is 0 Å². The number of fused-ring (bicyclic) bond motifs is 3. The van der Waals surface area contributed by atoms with Gasteiger partial charge in [-0.1, -0.05) is 98.8 Å². The van der Waals surface area contributed by atoms with E-state index >= 15 is 0 Å². The lowest BCUT2D eigenvalue weighted by atomic mass is 9.97. The van der Waals surface area contributed by atoms with Gasteiger partial charge in [0.1, 0.15) is 0 Å². The van der Waals surface area contributed by atoms with Gasteiger partial charge < -0.3 is 0 Å². The van der Waals surface area contributed by atoms with Gasteiger partial charge in [-0.25, -0.2) is 0 Å². The molecule has 0 N–H and O–H groups in total. The Morgan fingerprint density at radius 2 is 0.862 bits per heavy atom. The average molecular weight is 375 g/mol. The van der Waals surface area contributed by atoms with Gasteiger partial charge in [0.15, 0.2) is 0 Å². The van der Waals surface area contributed by atoms with E-state index in [1.165, 1.54) is 55.6 Å². The fourth-order valence-corrected chi connectivity index (χ4v) is 4.44. The molecular weight excluding hydrogens is 348 g/mol. The molecule has 0 spiro atoms. The molecule has 0 amide bonds.